The Morgan fingerprint density at radius 1 is 1.38 bits per heavy atom. The number of hydrogen-bond acceptors (Lipinski definition) is 5. The Balaban J connectivity index is 1.46. The maximum atomic E-state index is 12.2. The summed E-state index contributed by atoms with van der Waals surface area (Å²) in [6, 6.07) is 11.4. The molecule has 1 aliphatic rings. The molecule has 0 saturated heterocycles. The fraction of sp³-hybridized carbons (Fsp3) is 0.500. The molecule has 1 amide bonds. The second-order valence-corrected chi connectivity index (χ2v) is 7.44. The van der Waals surface area contributed by atoms with Gasteiger partial charge in [-0.15, -0.1) is 0 Å². The van der Waals surface area contributed by atoms with Crippen LogP contribution in [0.15, 0.2) is 40.9 Å². The van der Waals surface area contributed by atoms with Crippen molar-refractivity contribution in [2.24, 2.45) is 11.3 Å². The number of ether oxygens (including phenoxy) is 1. The number of nitrogens with zero attached hydrogens (tertiary/aromatic N) is 1. The summed E-state index contributed by atoms with van der Waals surface area (Å²) in [5.41, 5.74) is 0.891. The van der Waals surface area contributed by atoms with Crippen LogP contribution in [0.3, 0.4) is 0 Å². The van der Waals surface area contributed by atoms with Gasteiger partial charge < -0.3 is 19.7 Å². The summed E-state index contributed by atoms with van der Waals surface area (Å²) < 4.78 is 10.7. The molecule has 3 rings (SSSR count). The van der Waals surface area contributed by atoms with Gasteiger partial charge in [0.15, 0.2) is 6.61 Å². The molecule has 1 aromatic heterocycles. The zero-order chi connectivity index (χ0) is 18.6. The van der Waals surface area contributed by atoms with Gasteiger partial charge >= 0.3 is 0 Å². The first kappa shape index (κ1) is 18.5. The van der Waals surface area contributed by atoms with Gasteiger partial charge in [-0.25, -0.2) is 0 Å². The molecule has 2 N–H and O–H groups in total. The van der Waals surface area contributed by atoms with Crippen molar-refractivity contribution in [1.29, 1.82) is 0 Å². The lowest BCUT2D eigenvalue weighted by Crippen LogP contribution is -2.59. The van der Waals surface area contributed by atoms with Crippen molar-refractivity contribution < 1.29 is 19.2 Å². The maximum Gasteiger partial charge on any atom is 0.258 e. The van der Waals surface area contributed by atoms with Crippen LogP contribution in [0.25, 0.3) is 0 Å². The van der Waals surface area contributed by atoms with E-state index in [2.05, 4.69) is 24.3 Å². The van der Waals surface area contributed by atoms with Crippen LogP contribution in [-0.2, 0) is 17.6 Å². The molecule has 1 aliphatic carbocycles. The third-order valence-electron chi connectivity index (χ3n) is 5.34. The minimum atomic E-state index is -0.1000. The minimum Gasteiger partial charge on any atom is -0.484 e. The summed E-state index contributed by atoms with van der Waals surface area (Å²) in [6.07, 6.45) is 2.21. The van der Waals surface area contributed by atoms with Gasteiger partial charge in [0.05, 0.1) is 12.3 Å². The monoisotopic (exact) mass is 358 g/mol. The maximum absolute atomic E-state index is 12.2. The van der Waals surface area contributed by atoms with Crippen molar-refractivity contribution in [3.8, 4) is 5.75 Å². The molecule has 0 spiro atoms. The van der Waals surface area contributed by atoms with E-state index in [0.29, 0.717) is 23.8 Å². The molecule has 0 unspecified atom stereocenters. The Bertz CT molecular complexity index is 726. The molecular weight excluding hydrogens is 332 g/mol. The van der Waals surface area contributed by atoms with Crippen molar-refractivity contribution in [1.82, 2.24) is 10.5 Å². The number of aromatic nitrogens is 1. The number of carbonyl (C=O) groups is 1. The Kier molecular flexibility index (Phi) is 5.61. The van der Waals surface area contributed by atoms with Crippen molar-refractivity contribution in [3.63, 3.8) is 0 Å². The fourth-order valence-electron chi connectivity index (χ4n) is 3.44. The molecule has 6 heteroatoms. The summed E-state index contributed by atoms with van der Waals surface area (Å²) in [5.74, 6) is 1.73. The number of aliphatic hydroxyl groups is 1. The highest BCUT2D eigenvalue weighted by molar-refractivity contribution is 5.78. The first-order valence-electron chi connectivity index (χ1n) is 9.01. The Morgan fingerprint density at radius 3 is 2.85 bits per heavy atom. The van der Waals surface area contributed by atoms with Crippen LogP contribution in [0.5, 0.6) is 5.75 Å². The van der Waals surface area contributed by atoms with Gasteiger partial charge in [-0.3, -0.25) is 4.79 Å². The van der Waals surface area contributed by atoms with Gasteiger partial charge in [0.1, 0.15) is 11.5 Å². The second-order valence-electron chi connectivity index (χ2n) is 7.44. The van der Waals surface area contributed by atoms with Gasteiger partial charge in [0.2, 0.25) is 0 Å². The van der Waals surface area contributed by atoms with Crippen LogP contribution in [-0.4, -0.2) is 35.4 Å². The van der Waals surface area contributed by atoms with Gasteiger partial charge in [-0.05, 0) is 36.3 Å². The smallest absolute Gasteiger partial charge is 0.258 e. The Hall–Kier alpha value is -2.34. The third kappa shape index (κ3) is 4.25. The number of amides is 1. The zero-order valence-electron chi connectivity index (χ0n) is 15.3. The number of rotatable bonds is 8. The van der Waals surface area contributed by atoms with E-state index in [9.17, 15) is 4.79 Å². The summed E-state index contributed by atoms with van der Waals surface area (Å²) >= 11 is 0. The highest BCUT2D eigenvalue weighted by Gasteiger charge is 2.48. The number of para-hydroxylation sites is 1. The van der Waals surface area contributed by atoms with Crippen molar-refractivity contribution in [2.45, 2.75) is 39.2 Å². The second kappa shape index (κ2) is 7.91. The average molecular weight is 358 g/mol. The van der Waals surface area contributed by atoms with E-state index in [0.717, 1.165) is 18.5 Å². The van der Waals surface area contributed by atoms with Gasteiger partial charge in [-0.1, -0.05) is 37.2 Å². The Labute approximate surface area is 153 Å². The van der Waals surface area contributed by atoms with Gasteiger partial charge in [0.25, 0.3) is 5.91 Å². The van der Waals surface area contributed by atoms with E-state index in [-0.39, 0.29) is 30.6 Å². The molecule has 2 aromatic rings. The molecule has 1 saturated carbocycles. The lowest BCUT2D eigenvalue weighted by Gasteiger charge is -2.52. The van der Waals surface area contributed by atoms with E-state index >= 15 is 0 Å². The molecule has 0 aliphatic heterocycles. The summed E-state index contributed by atoms with van der Waals surface area (Å²) in [5, 5.41) is 16.1. The molecule has 0 bridgehead atoms. The average Bonchev–Trinajstić information content (AvgIpc) is 3.07. The van der Waals surface area contributed by atoms with E-state index in [1.54, 1.807) is 0 Å². The van der Waals surface area contributed by atoms with Crippen LogP contribution < -0.4 is 10.1 Å². The SMILES string of the molecule is CC1(C)[C@H](Cc2cc(CCO)on2)C[C@@H]1NC(=O)COc1ccccc1. The third-order valence-corrected chi connectivity index (χ3v) is 5.34. The van der Waals surface area contributed by atoms with Crippen molar-refractivity contribution in [2.75, 3.05) is 13.2 Å². The first-order valence-corrected chi connectivity index (χ1v) is 9.01. The molecular formula is C20H26N2O4. The van der Waals surface area contributed by atoms with Crippen LogP contribution in [0.1, 0.15) is 31.7 Å². The minimum absolute atomic E-state index is 0.0154. The van der Waals surface area contributed by atoms with Gasteiger partial charge in [-0.2, -0.15) is 0 Å². The van der Waals surface area contributed by atoms with E-state index in [1.165, 1.54) is 0 Å². The lowest BCUT2D eigenvalue weighted by atomic mass is 9.57. The number of nitrogens with one attached hydrogen (secondary N) is 1. The summed E-state index contributed by atoms with van der Waals surface area (Å²) in [7, 11) is 0. The van der Waals surface area contributed by atoms with Crippen molar-refractivity contribution >= 4 is 5.91 Å². The molecule has 26 heavy (non-hydrogen) atoms. The normalized spacial score (nSPS) is 21.0. The predicted octanol–water partition coefficient (Wildman–Crippen LogP) is 2.36. The number of benzene rings is 1. The van der Waals surface area contributed by atoms with E-state index < -0.39 is 0 Å². The van der Waals surface area contributed by atoms with Crippen LogP contribution in [0, 0.1) is 11.3 Å². The topological polar surface area (TPSA) is 84.6 Å². The Morgan fingerprint density at radius 2 is 2.15 bits per heavy atom. The van der Waals surface area contributed by atoms with Gasteiger partial charge in [0, 0.05) is 18.5 Å². The van der Waals surface area contributed by atoms with Crippen LogP contribution in [0.2, 0.25) is 0 Å². The lowest BCUT2D eigenvalue weighted by molar-refractivity contribution is -0.127. The van der Waals surface area contributed by atoms with Crippen molar-refractivity contribution in [3.05, 3.63) is 47.9 Å². The first-order chi connectivity index (χ1) is 12.5. The number of aliphatic hydroxyl groups excluding tert-OH is 1. The molecule has 2 atom stereocenters. The molecule has 1 fully saturated rings. The highest BCUT2D eigenvalue weighted by Crippen LogP contribution is 2.47. The quantitative estimate of drug-likeness (QED) is 0.757. The summed E-state index contributed by atoms with van der Waals surface area (Å²) in [6.45, 7) is 4.41. The molecule has 1 heterocycles. The van der Waals surface area contributed by atoms with E-state index in [1.807, 2.05) is 36.4 Å². The molecule has 1 aromatic carbocycles. The number of hydrogen-bond donors (Lipinski definition) is 2. The standard InChI is InChI=1S/C20H26N2O4/c1-20(2)14(10-15-12-17(8-9-23)26-22-15)11-18(20)21-19(24)13-25-16-6-4-3-5-7-16/h3-7,12,14,18,23H,8-11,13H2,1-2H3,(H,21,24)/t14-,18+/m1/s1. The van der Waals surface area contributed by atoms with E-state index in [4.69, 9.17) is 14.4 Å². The number of carbonyl (C=O) groups excluding carboxylic acids is 1. The molecule has 0 radical (unpaired) electrons. The predicted molar refractivity (Wildman–Crippen MR) is 96.8 cm³/mol. The van der Waals surface area contributed by atoms with Crippen LogP contribution >= 0.6 is 0 Å². The summed E-state index contributed by atoms with van der Waals surface area (Å²) in [4.78, 5) is 12.2. The fourth-order valence-corrected chi connectivity index (χ4v) is 3.44. The largest absolute Gasteiger partial charge is 0.484 e. The van der Waals surface area contributed by atoms with Crippen LogP contribution in [0.4, 0.5) is 0 Å². The molecule has 6 nitrogen and oxygen atoms in total. The molecule has 140 valence electrons. The zero-order valence-corrected chi connectivity index (χ0v) is 15.3. The highest BCUT2D eigenvalue weighted by atomic mass is 16.5.